The Hall–Kier alpha value is -1.77. The molecular weight excluding hydrogens is 178 g/mol. The summed E-state index contributed by atoms with van der Waals surface area (Å²) in [4.78, 5) is 4.22. The van der Waals surface area contributed by atoms with Crippen molar-refractivity contribution in [1.82, 2.24) is 4.98 Å². The molecule has 0 unspecified atom stereocenters. The lowest BCUT2D eigenvalue weighted by molar-refractivity contribution is 0.470. The number of hydrogen-bond acceptors (Lipinski definition) is 3. The average molecular weight is 189 g/mol. The van der Waals surface area contributed by atoms with Gasteiger partial charge in [-0.1, -0.05) is 6.08 Å². The molecule has 3 heteroatoms. The molecule has 0 bridgehead atoms. The van der Waals surface area contributed by atoms with Crippen LogP contribution in [-0.2, 0) is 6.42 Å². The fourth-order valence-corrected chi connectivity index (χ4v) is 1.49. The Morgan fingerprint density at radius 2 is 2.36 bits per heavy atom. The zero-order chi connectivity index (χ0) is 10.1. The van der Waals surface area contributed by atoms with E-state index in [0.29, 0.717) is 17.9 Å². The third kappa shape index (κ3) is 1.27. The summed E-state index contributed by atoms with van der Waals surface area (Å²) >= 11 is 0. The van der Waals surface area contributed by atoms with Crippen LogP contribution in [-0.4, -0.2) is 10.1 Å². The molecule has 0 amide bonds. The van der Waals surface area contributed by atoms with Crippen molar-refractivity contribution in [2.24, 2.45) is 0 Å². The van der Waals surface area contributed by atoms with Crippen LogP contribution in [0.15, 0.2) is 29.2 Å². The molecule has 0 spiro atoms. The molecule has 1 heterocycles. The number of hydrogen-bond donors (Lipinski definition) is 1. The van der Waals surface area contributed by atoms with E-state index in [2.05, 4.69) is 11.6 Å². The van der Waals surface area contributed by atoms with Gasteiger partial charge in [-0.15, -0.1) is 6.58 Å². The third-order valence-corrected chi connectivity index (χ3v) is 2.10. The molecule has 0 aliphatic carbocycles. The molecule has 2 aromatic rings. The van der Waals surface area contributed by atoms with Crippen molar-refractivity contribution in [3.8, 4) is 5.75 Å². The van der Waals surface area contributed by atoms with Gasteiger partial charge in [-0.25, -0.2) is 4.98 Å². The number of benzene rings is 1. The Morgan fingerprint density at radius 1 is 1.57 bits per heavy atom. The van der Waals surface area contributed by atoms with Gasteiger partial charge in [0.05, 0.1) is 0 Å². The van der Waals surface area contributed by atoms with E-state index >= 15 is 0 Å². The SMILES string of the molecule is C=CCc1c(O)ccc2oc(C)nc12. The number of aromatic nitrogens is 1. The smallest absolute Gasteiger partial charge is 0.192 e. The molecule has 0 radical (unpaired) electrons. The second kappa shape index (κ2) is 3.18. The van der Waals surface area contributed by atoms with Gasteiger partial charge in [0.15, 0.2) is 11.5 Å². The molecule has 0 fully saturated rings. The standard InChI is InChI=1S/C11H11NO2/c1-3-4-8-9(13)5-6-10-11(8)12-7(2)14-10/h3,5-6,13H,1,4H2,2H3. The molecule has 0 saturated heterocycles. The minimum atomic E-state index is 0.241. The van der Waals surface area contributed by atoms with E-state index in [0.717, 1.165) is 11.1 Å². The van der Waals surface area contributed by atoms with Crippen LogP contribution in [0, 0.1) is 6.92 Å². The largest absolute Gasteiger partial charge is 0.508 e. The van der Waals surface area contributed by atoms with Crippen LogP contribution >= 0.6 is 0 Å². The first-order chi connectivity index (χ1) is 6.72. The van der Waals surface area contributed by atoms with E-state index < -0.39 is 0 Å². The zero-order valence-electron chi connectivity index (χ0n) is 7.95. The predicted octanol–water partition coefficient (Wildman–Crippen LogP) is 2.57. The van der Waals surface area contributed by atoms with Crippen molar-refractivity contribution < 1.29 is 9.52 Å². The van der Waals surface area contributed by atoms with Crippen molar-refractivity contribution in [3.05, 3.63) is 36.2 Å². The normalized spacial score (nSPS) is 10.6. The van der Waals surface area contributed by atoms with E-state index in [1.807, 2.05) is 0 Å². The molecule has 0 aliphatic heterocycles. The third-order valence-electron chi connectivity index (χ3n) is 2.10. The van der Waals surface area contributed by atoms with Crippen LogP contribution in [0.2, 0.25) is 0 Å². The van der Waals surface area contributed by atoms with E-state index in [1.165, 1.54) is 0 Å². The highest BCUT2D eigenvalue weighted by molar-refractivity contribution is 5.79. The van der Waals surface area contributed by atoms with E-state index in [1.54, 1.807) is 25.1 Å². The molecule has 1 aromatic heterocycles. The molecule has 0 saturated carbocycles. The van der Waals surface area contributed by atoms with Crippen LogP contribution in [0.25, 0.3) is 11.1 Å². The van der Waals surface area contributed by atoms with Gasteiger partial charge >= 0.3 is 0 Å². The van der Waals surface area contributed by atoms with Crippen LogP contribution in [0.4, 0.5) is 0 Å². The van der Waals surface area contributed by atoms with Crippen LogP contribution in [0.3, 0.4) is 0 Å². The molecule has 1 N–H and O–H groups in total. The number of phenols is 1. The number of rotatable bonds is 2. The second-order valence-electron chi connectivity index (χ2n) is 3.14. The van der Waals surface area contributed by atoms with Crippen molar-refractivity contribution in [1.29, 1.82) is 0 Å². The summed E-state index contributed by atoms with van der Waals surface area (Å²) in [5, 5.41) is 9.62. The van der Waals surface area contributed by atoms with Gasteiger partial charge in [0.1, 0.15) is 11.3 Å². The topological polar surface area (TPSA) is 46.3 Å². The van der Waals surface area contributed by atoms with Crippen molar-refractivity contribution >= 4 is 11.1 Å². The second-order valence-corrected chi connectivity index (χ2v) is 3.14. The summed E-state index contributed by atoms with van der Waals surface area (Å²) < 4.78 is 5.35. The monoisotopic (exact) mass is 189 g/mol. The lowest BCUT2D eigenvalue weighted by Crippen LogP contribution is -1.84. The summed E-state index contributed by atoms with van der Waals surface area (Å²) in [5.74, 6) is 0.849. The molecule has 1 aromatic carbocycles. The Kier molecular flexibility index (Phi) is 2.00. The van der Waals surface area contributed by atoms with Gasteiger partial charge < -0.3 is 9.52 Å². The first-order valence-electron chi connectivity index (χ1n) is 4.41. The summed E-state index contributed by atoms with van der Waals surface area (Å²) in [6, 6.07) is 3.34. The van der Waals surface area contributed by atoms with E-state index in [4.69, 9.17) is 4.42 Å². The Morgan fingerprint density at radius 3 is 3.07 bits per heavy atom. The van der Waals surface area contributed by atoms with Crippen molar-refractivity contribution in [2.45, 2.75) is 13.3 Å². The maximum absolute atomic E-state index is 9.62. The molecule has 3 nitrogen and oxygen atoms in total. The lowest BCUT2D eigenvalue weighted by Gasteiger charge is -2.00. The average Bonchev–Trinajstić information content (AvgIpc) is 2.51. The number of fused-ring (bicyclic) bond motifs is 1. The molecular formula is C11H11NO2. The number of nitrogens with zero attached hydrogens (tertiary/aromatic N) is 1. The van der Waals surface area contributed by atoms with Gasteiger partial charge in [0, 0.05) is 12.5 Å². The van der Waals surface area contributed by atoms with Crippen LogP contribution in [0.5, 0.6) is 5.75 Å². The van der Waals surface area contributed by atoms with E-state index in [9.17, 15) is 5.11 Å². The maximum Gasteiger partial charge on any atom is 0.192 e. The lowest BCUT2D eigenvalue weighted by atomic mass is 10.1. The highest BCUT2D eigenvalue weighted by atomic mass is 16.3. The van der Waals surface area contributed by atoms with Crippen LogP contribution in [0.1, 0.15) is 11.5 Å². The summed E-state index contributed by atoms with van der Waals surface area (Å²) in [6.45, 7) is 5.43. The Balaban J connectivity index is 2.74. The highest BCUT2D eigenvalue weighted by Gasteiger charge is 2.10. The zero-order valence-corrected chi connectivity index (χ0v) is 7.95. The van der Waals surface area contributed by atoms with Gasteiger partial charge in [0.2, 0.25) is 0 Å². The minimum absolute atomic E-state index is 0.241. The van der Waals surface area contributed by atoms with E-state index in [-0.39, 0.29) is 5.75 Å². The Labute approximate surface area is 81.7 Å². The minimum Gasteiger partial charge on any atom is -0.508 e. The summed E-state index contributed by atoms with van der Waals surface area (Å²) in [7, 11) is 0. The van der Waals surface area contributed by atoms with Gasteiger partial charge in [-0.2, -0.15) is 0 Å². The number of allylic oxidation sites excluding steroid dienone is 1. The number of phenolic OH excluding ortho intramolecular Hbond substituents is 1. The highest BCUT2D eigenvalue weighted by Crippen LogP contribution is 2.27. The molecule has 2 rings (SSSR count). The number of aromatic hydroxyl groups is 1. The fourth-order valence-electron chi connectivity index (χ4n) is 1.49. The molecule has 0 atom stereocenters. The Bertz CT molecular complexity index is 485. The number of oxazole rings is 1. The van der Waals surface area contributed by atoms with Crippen molar-refractivity contribution in [2.75, 3.05) is 0 Å². The van der Waals surface area contributed by atoms with Crippen molar-refractivity contribution in [3.63, 3.8) is 0 Å². The van der Waals surface area contributed by atoms with Gasteiger partial charge in [0.25, 0.3) is 0 Å². The van der Waals surface area contributed by atoms with Gasteiger partial charge in [-0.05, 0) is 18.6 Å². The molecule has 0 aliphatic rings. The maximum atomic E-state index is 9.62. The molecule has 72 valence electrons. The quantitative estimate of drug-likeness (QED) is 0.738. The fraction of sp³-hybridized carbons (Fsp3) is 0.182. The number of aryl methyl sites for hydroxylation is 1. The van der Waals surface area contributed by atoms with Gasteiger partial charge in [-0.3, -0.25) is 0 Å². The summed E-state index contributed by atoms with van der Waals surface area (Å²) in [6.07, 6.45) is 2.33. The van der Waals surface area contributed by atoms with Crippen LogP contribution < -0.4 is 0 Å². The summed E-state index contributed by atoms with van der Waals surface area (Å²) in [5.41, 5.74) is 2.20. The molecule has 14 heavy (non-hydrogen) atoms. The first kappa shape index (κ1) is 8.81. The first-order valence-corrected chi connectivity index (χ1v) is 4.41. The predicted molar refractivity (Wildman–Crippen MR) is 54.3 cm³/mol.